The summed E-state index contributed by atoms with van der Waals surface area (Å²) in [6.07, 6.45) is 5.34. The van der Waals surface area contributed by atoms with Crippen molar-refractivity contribution in [3.05, 3.63) is 59.1 Å². The Balaban J connectivity index is 1.56. The molecule has 2 heterocycles. The van der Waals surface area contributed by atoms with Gasteiger partial charge in [-0.2, -0.15) is 0 Å². The number of nitrogens with zero attached hydrogens (tertiary/aromatic N) is 2. The second-order valence-corrected chi connectivity index (χ2v) is 7.71. The van der Waals surface area contributed by atoms with Gasteiger partial charge in [-0.05, 0) is 49.2 Å². The van der Waals surface area contributed by atoms with Gasteiger partial charge in [0.2, 0.25) is 5.91 Å². The number of carbonyl (C=O) groups excluding carboxylic acids is 1. The van der Waals surface area contributed by atoms with Crippen LogP contribution in [-0.2, 0) is 4.79 Å². The van der Waals surface area contributed by atoms with Crippen LogP contribution in [0.5, 0.6) is 11.5 Å². The van der Waals surface area contributed by atoms with E-state index in [9.17, 15) is 4.79 Å². The lowest BCUT2D eigenvalue weighted by atomic mass is 10.1. The lowest BCUT2D eigenvalue weighted by molar-refractivity contribution is -0.126. The van der Waals surface area contributed by atoms with Gasteiger partial charge in [-0.1, -0.05) is 12.1 Å². The molecule has 2 aromatic carbocycles. The molecule has 0 bridgehead atoms. The zero-order valence-corrected chi connectivity index (χ0v) is 16.7. The van der Waals surface area contributed by atoms with E-state index in [2.05, 4.69) is 6.07 Å². The van der Waals surface area contributed by atoms with E-state index in [0.717, 1.165) is 45.9 Å². The van der Waals surface area contributed by atoms with Crippen molar-refractivity contribution in [3.8, 4) is 11.5 Å². The maximum atomic E-state index is 12.9. The molecular formula is C22H22N2O3S. The molecule has 4 rings (SSSR count). The molecule has 0 N–H and O–H groups in total. The Labute approximate surface area is 168 Å². The normalized spacial score (nSPS) is 16.8. The highest BCUT2D eigenvalue weighted by molar-refractivity contribution is 7.18. The summed E-state index contributed by atoms with van der Waals surface area (Å²) in [6.45, 7) is 0.749. The molecule has 6 heteroatoms. The lowest BCUT2D eigenvalue weighted by Gasteiger charge is -2.21. The van der Waals surface area contributed by atoms with Crippen molar-refractivity contribution < 1.29 is 14.3 Å². The van der Waals surface area contributed by atoms with Gasteiger partial charge in [0, 0.05) is 18.2 Å². The van der Waals surface area contributed by atoms with Gasteiger partial charge in [-0.15, -0.1) is 11.3 Å². The van der Waals surface area contributed by atoms with Crippen molar-refractivity contribution in [1.82, 2.24) is 9.88 Å². The van der Waals surface area contributed by atoms with E-state index in [1.165, 1.54) is 0 Å². The van der Waals surface area contributed by atoms with Gasteiger partial charge in [-0.3, -0.25) is 4.79 Å². The first-order chi connectivity index (χ1) is 13.7. The van der Waals surface area contributed by atoms with Crippen molar-refractivity contribution in [2.45, 2.75) is 18.9 Å². The maximum absolute atomic E-state index is 12.9. The molecule has 0 aliphatic carbocycles. The van der Waals surface area contributed by atoms with Crippen LogP contribution in [0, 0.1) is 0 Å². The average Bonchev–Trinajstić information content (AvgIpc) is 3.38. The molecule has 1 fully saturated rings. The van der Waals surface area contributed by atoms with Crippen LogP contribution in [0.3, 0.4) is 0 Å². The highest BCUT2D eigenvalue weighted by Gasteiger charge is 2.31. The summed E-state index contributed by atoms with van der Waals surface area (Å²) in [7, 11) is 3.23. The van der Waals surface area contributed by atoms with Crippen LogP contribution in [0.2, 0.25) is 0 Å². The van der Waals surface area contributed by atoms with Gasteiger partial charge >= 0.3 is 0 Å². The van der Waals surface area contributed by atoms with Crippen molar-refractivity contribution >= 4 is 33.5 Å². The van der Waals surface area contributed by atoms with Crippen LogP contribution in [0.25, 0.3) is 16.3 Å². The Morgan fingerprint density at radius 1 is 1.21 bits per heavy atom. The molecule has 5 nitrogen and oxygen atoms in total. The van der Waals surface area contributed by atoms with E-state index in [-0.39, 0.29) is 11.9 Å². The maximum Gasteiger partial charge on any atom is 0.247 e. The van der Waals surface area contributed by atoms with Crippen molar-refractivity contribution in [2.24, 2.45) is 0 Å². The van der Waals surface area contributed by atoms with Gasteiger partial charge in [-0.25, -0.2) is 4.98 Å². The monoisotopic (exact) mass is 394 g/mol. The molecule has 1 aliphatic rings. The van der Waals surface area contributed by atoms with Crippen molar-refractivity contribution in [3.63, 3.8) is 0 Å². The number of thiazole rings is 1. The highest BCUT2D eigenvalue weighted by Crippen LogP contribution is 2.36. The van der Waals surface area contributed by atoms with E-state index in [1.807, 2.05) is 41.3 Å². The van der Waals surface area contributed by atoms with Gasteiger partial charge < -0.3 is 14.4 Å². The number of amides is 1. The summed E-state index contributed by atoms with van der Waals surface area (Å²) < 4.78 is 11.8. The van der Waals surface area contributed by atoms with E-state index in [0.29, 0.717) is 5.75 Å². The Morgan fingerprint density at radius 2 is 2.07 bits per heavy atom. The fourth-order valence-electron chi connectivity index (χ4n) is 3.55. The van der Waals surface area contributed by atoms with Gasteiger partial charge in [0.15, 0.2) is 0 Å². The van der Waals surface area contributed by atoms with Gasteiger partial charge in [0.25, 0.3) is 0 Å². The lowest BCUT2D eigenvalue weighted by Crippen LogP contribution is -2.28. The minimum atomic E-state index is -0.00775. The number of methoxy groups -OCH3 is 2. The molecule has 3 aromatic rings. The van der Waals surface area contributed by atoms with E-state index in [1.54, 1.807) is 37.7 Å². The number of hydrogen-bond acceptors (Lipinski definition) is 5. The number of likely N-dealkylation sites (tertiary alicyclic amines) is 1. The standard InChI is InChI=1S/C22H22N2O3S/c1-26-16-10-11-19(27-2)15(14-16)9-12-21(25)24-13-5-7-18(24)22-23-17-6-3-4-8-20(17)28-22/h3-4,6,8-12,14,18H,5,7,13H2,1-2H3. The third-order valence-electron chi connectivity index (χ3n) is 4.97. The third kappa shape index (κ3) is 3.60. The molecular weight excluding hydrogens is 372 g/mol. The first kappa shape index (κ1) is 18.5. The molecule has 28 heavy (non-hydrogen) atoms. The van der Waals surface area contributed by atoms with Crippen molar-refractivity contribution in [2.75, 3.05) is 20.8 Å². The van der Waals surface area contributed by atoms with Crippen LogP contribution in [0.1, 0.15) is 29.5 Å². The second kappa shape index (κ2) is 8.02. The van der Waals surface area contributed by atoms with Gasteiger partial charge in [0.05, 0.1) is 30.5 Å². The predicted octanol–water partition coefficient (Wildman–Crippen LogP) is 4.69. The summed E-state index contributed by atoms with van der Waals surface area (Å²) in [5.41, 5.74) is 1.81. The topological polar surface area (TPSA) is 51.7 Å². The fraction of sp³-hybridized carbons (Fsp3) is 0.273. The molecule has 144 valence electrons. The second-order valence-electron chi connectivity index (χ2n) is 6.65. The summed E-state index contributed by atoms with van der Waals surface area (Å²) in [5, 5.41) is 1.01. The molecule has 1 unspecified atom stereocenters. The minimum absolute atomic E-state index is 0.00775. The third-order valence-corrected chi connectivity index (χ3v) is 6.11. The fourth-order valence-corrected chi connectivity index (χ4v) is 4.66. The van der Waals surface area contributed by atoms with E-state index < -0.39 is 0 Å². The Morgan fingerprint density at radius 3 is 2.86 bits per heavy atom. The van der Waals surface area contributed by atoms with Gasteiger partial charge in [0.1, 0.15) is 16.5 Å². The van der Waals surface area contributed by atoms with Crippen LogP contribution in [-0.4, -0.2) is 36.6 Å². The van der Waals surface area contributed by atoms with E-state index >= 15 is 0 Å². The number of para-hydroxylation sites is 1. The van der Waals surface area contributed by atoms with Crippen LogP contribution in [0.4, 0.5) is 0 Å². The molecule has 0 saturated carbocycles. The molecule has 0 spiro atoms. The van der Waals surface area contributed by atoms with Crippen LogP contribution < -0.4 is 9.47 Å². The largest absolute Gasteiger partial charge is 0.497 e. The zero-order chi connectivity index (χ0) is 19.5. The first-order valence-corrected chi connectivity index (χ1v) is 10.1. The molecule has 1 amide bonds. The number of carbonyl (C=O) groups is 1. The number of aromatic nitrogens is 1. The summed E-state index contributed by atoms with van der Waals surface area (Å²) in [4.78, 5) is 19.6. The van der Waals surface area contributed by atoms with Crippen molar-refractivity contribution in [1.29, 1.82) is 0 Å². The highest BCUT2D eigenvalue weighted by atomic mass is 32.1. The molecule has 1 saturated heterocycles. The van der Waals surface area contributed by atoms with Crippen LogP contribution >= 0.6 is 11.3 Å². The smallest absolute Gasteiger partial charge is 0.247 e. The number of fused-ring (bicyclic) bond motifs is 1. The first-order valence-electron chi connectivity index (χ1n) is 9.26. The molecule has 1 aliphatic heterocycles. The SMILES string of the molecule is COc1ccc(OC)c(C=CC(=O)N2CCCC2c2nc3ccccc3s2)c1. The minimum Gasteiger partial charge on any atom is -0.497 e. The number of ether oxygens (including phenoxy) is 2. The molecule has 1 atom stereocenters. The quantitative estimate of drug-likeness (QED) is 0.589. The summed E-state index contributed by atoms with van der Waals surface area (Å²) >= 11 is 1.68. The number of hydrogen-bond donors (Lipinski definition) is 0. The molecule has 1 aromatic heterocycles. The Hall–Kier alpha value is -2.86. The van der Waals surface area contributed by atoms with E-state index in [4.69, 9.17) is 14.5 Å². The number of benzene rings is 2. The Kier molecular flexibility index (Phi) is 5.30. The number of rotatable bonds is 5. The zero-order valence-electron chi connectivity index (χ0n) is 15.9. The Bertz CT molecular complexity index is 995. The predicted molar refractivity (Wildman–Crippen MR) is 112 cm³/mol. The summed E-state index contributed by atoms with van der Waals surface area (Å²) in [5.74, 6) is 1.42. The van der Waals surface area contributed by atoms with Crippen LogP contribution in [0.15, 0.2) is 48.5 Å². The average molecular weight is 394 g/mol. The molecule has 0 radical (unpaired) electrons. The summed E-state index contributed by atoms with van der Waals surface area (Å²) in [6, 6.07) is 13.7.